The van der Waals surface area contributed by atoms with Crippen LogP contribution in [0, 0.1) is 0 Å². The van der Waals surface area contributed by atoms with Crippen LogP contribution in [0.1, 0.15) is 20.3 Å². The van der Waals surface area contributed by atoms with E-state index < -0.39 is 0 Å². The lowest BCUT2D eigenvalue weighted by Gasteiger charge is -2.04. The molecule has 66 valence electrons. The minimum absolute atomic E-state index is 0.799. The number of ether oxygens (including phenoxy) is 1. The monoisotopic (exact) mass is 157 g/mol. The first-order valence-corrected chi connectivity index (χ1v) is 4.26. The molecule has 0 amide bonds. The summed E-state index contributed by atoms with van der Waals surface area (Å²) in [4.78, 5) is 0. The third kappa shape index (κ3) is 7.56. The van der Waals surface area contributed by atoms with Crippen LogP contribution in [0.25, 0.3) is 0 Å². The van der Waals surface area contributed by atoms with E-state index in [1.807, 2.05) is 6.92 Å². The average molecular weight is 157 g/mol. The van der Waals surface area contributed by atoms with E-state index in [0.29, 0.717) is 0 Å². The Morgan fingerprint density at radius 3 is 2.73 bits per heavy atom. The van der Waals surface area contributed by atoms with E-state index in [2.05, 4.69) is 18.8 Å². The van der Waals surface area contributed by atoms with Crippen LogP contribution in [0.2, 0.25) is 0 Å². The van der Waals surface area contributed by atoms with Gasteiger partial charge in [-0.1, -0.05) is 19.1 Å². The fraction of sp³-hybridized carbons (Fsp3) is 0.778. The number of hydrogen-bond acceptors (Lipinski definition) is 2. The predicted octanol–water partition coefficient (Wildman–Crippen LogP) is 1.58. The molecule has 2 heteroatoms. The van der Waals surface area contributed by atoms with Crippen molar-refractivity contribution >= 4 is 0 Å². The van der Waals surface area contributed by atoms with Crippen LogP contribution in [0.5, 0.6) is 0 Å². The predicted molar refractivity (Wildman–Crippen MR) is 48.8 cm³/mol. The molecule has 11 heavy (non-hydrogen) atoms. The molecular formula is C9H19NO. The summed E-state index contributed by atoms with van der Waals surface area (Å²) in [6.45, 7) is 11.5. The van der Waals surface area contributed by atoms with Crippen molar-refractivity contribution in [1.82, 2.24) is 5.32 Å². The normalized spacial score (nSPS) is 10.0. The maximum atomic E-state index is 5.16. The Morgan fingerprint density at radius 1 is 1.45 bits per heavy atom. The molecule has 0 aromatic carbocycles. The van der Waals surface area contributed by atoms with E-state index in [0.717, 1.165) is 32.7 Å². The van der Waals surface area contributed by atoms with Crippen molar-refractivity contribution in [2.45, 2.75) is 20.3 Å². The molecule has 0 saturated carbocycles. The summed E-state index contributed by atoms with van der Waals surface area (Å²) in [6, 6.07) is 0. The van der Waals surface area contributed by atoms with Crippen molar-refractivity contribution in [3.8, 4) is 0 Å². The van der Waals surface area contributed by atoms with Gasteiger partial charge in [0.2, 0.25) is 0 Å². The number of rotatable bonds is 7. The van der Waals surface area contributed by atoms with Crippen molar-refractivity contribution in [2.75, 3.05) is 26.3 Å². The molecule has 0 saturated heterocycles. The molecule has 0 fully saturated rings. The summed E-state index contributed by atoms with van der Waals surface area (Å²) in [7, 11) is 0. The number of nitrogens with one attached hydrogen (secondary N) is 1. The average Bonchev–Trinajstić information content (AvgIpc) is 2.04. The molecule has 0 atom stereocenters. The van der Waals surface area contributed by atoms with Gasteiger partial charge in [0, 0.05) is 19.7 Å². The second kappa shape index (κ2) is 7.76. The van der Waals surface area contributed by atoms with Crippen LogP contribution >= 0.6 is 0 Å². The van der Waals surface area contributed by atoms with E-state index in [9.17, 15) is 0 Å². The zero-order chi connectivity index (χ0) is 8.53. The molecule has 0 heterocycles. The van der Waals surface area contributed by atoms with E-state index in [1.165, 1.54) is 5.57 Å². The van der Waals surface area contributed by atoms with Gasteiger partial charge >= 0.3 is 0 Å². The van der Waals surface area contributed by atoms with Crippen LogP contribution in [-0.2, 0) is 4.74 Å². The highest BCUT2D eigenvalue weighted by atomic mass is 16.5. The Morgan fingerprint density at radius 2 is 2.18 bits per heavy atom. The molecule has 0 rings (SSSR count). The topological polar surface area (TPSA) is 21.3 Å². The third-order valence-corrected chi connectivity index (χ3v) is 1.50. The van der Waals surface area contributed by atoms with Gasteiger partial charge in [0.05, 0.1) is 6.61 Å². The lowest BCUT2D eigenvalue weighted by Crippen LogP contribution is -2.21. The van der Waals surface area contributed by atoms with Gasteiger partial charge in [-0.15, -0.1) is 0 Å². The highest BCUT2D eigenvalue weighted by Crippen LogP contribution is 1.91. The standard InChI is InChI=1S/C9H19NO/c1-4-9(3)8-10-6-7-11-5-2/h10H,3-8H2,1-2H3. The van der Waals surface area contributed by atoms with Crippen molar-refractivity contribution in [1.29, 1.82) is 0 Å². The van der Waals surface area contributed by atoms with Crippen molar-refractivity contribution in [2.24, 2.45) is 0 Å². The Balaban J connectivity index is 2.95. The van der Waals surface area contributed by atoms with Gasteiger partial charge in [-0.3, -0.25) is 0 Å². The maximum absolute atomic E-state index is 5.16. The fourth-order valence-corrected chi connectivity index (χ4v) is 0.679. The van der Waals surface area contributed by atoms with Crippen molar-refractivity contribution in [3.05, 3.63) is 12.2 Å². The summed E-state index contributed by atoms with van der Waals surface area (Å²) in [5.41, 5.74) is 1.25. The van der Waals surface area contributed by atoms with Crippen LogP contribution in [0.3, 0.4) is 0 Å². The van der Waals surface area contributed by atoms with Crippen LogP contribution in [0.15, 0.2) is 12.2 Å². The first kappa shape index (κ1) is 10.7. The van der Waals surface area contributed by atoms with E-state index in [1.54, 1.807) is 0 Å². The minimum Gasteiger partial charge on any atom is -0.380 e. The summed E-state index contributed by atoms with van der Waals surface area (Å²) in [5, 5.41) is 3.25. The second-order valence-electron chi connectivity index (χ2n) is 2.48. The van der Waals surface area contributed by atoms with Crippen molar-refractivity contribution < 1.29 is 4.74 Å². The zero-order valence-electron chi connectivity index (χ0n) is 7.65. The Kier molecular flexibility index (Phi) is 7.52. The lowest BCUT2D eigenvalue weighted by molar-refractivity contribution is 0.150. The fourth-order valence-electron chi connectivity index (χ4n) is 0.679. The summed E-state index contributed by atoms with van der Waals surface area (Å²) < 4.78 is 5.16. The van der Waals surface area contributed by atoms with Crippen LogP contribution in [0.4, 0.5) is 0 Å². The summed E-state index contributed by atoms with van der Waals surface area (Å²) >= 11 is 0. The largest absolute Gasteiger partial charge is 0.380 e. The van der Waals surface area contributed by atoms with Gasteiger partial charge in [-0.25, -0.2) is 0 Å². The van der Waals surface area contributed by atoms with Crippen molar-refractivity contribution in [3.63, 3.8) is 0 Å². The second-order valence-corrected chi connectivity index (χ2v) is 2.48. The molecule has 0 spiro atoms. The van der Waals surface area contributed by atoms with E-state index in [4.69, 9.17) is 4.74 Å². The van der Waals surface area contributed by atoms with E-state index in [-0.39, 0.29) is 0 Å². The molecule has 0 aromatic heterocycles. The molecule has 2 nitrogen and oxygen atoms in total. The summed E-state index contributed by atoms with van der Waals surface area (Å²) in [6.07, 6.45) is 1.06. The van der Waals surface area contributed by atoms with Gasteiger partial charge in [-0.05, 0) is 13.3 Å². The van der Waals surface area contributed by atoms with Crippen LogP contribution < -0.4 is 5.32 Å². The minimum atomic E-state index is 0.799. The Bertz CT molecular complexity index is 102. The summed E-state index contributed by atoms with van der Waals surface area (Å²) in [5.74, 6) is 0. The van der Waals surface area contributed by atoms with Gasteiger partial charge in [0.1, 0.15) is 0 Å². The molecule has 1 N–H and O–H groups in total. The SMILES string of the molecule is C=C(CC)CNCCOCC. The van der Waals surface area contributed by atoms with Gasteiger partial charge in [-0.2, -0.15) is 0 Å². The molecule has 0 aliphatic rings. The number of hydrogen-bond donors (Lipinski definition) is 1. The molecule has 0 unspecified atom stereocenters. The first-order chi connectivity index (χ1) is 5.31. The Labute approximate surface area is 69.6 Å². The molecular weight excluding hydrogens is 138 g/mol. The molecule has 0 bridgehead atoms. The van der Waals surface area contributed by atoms with E-state index >= 15 is 0 Å². The zero-order valence-corrected chi connectivity index (χ0v) is 7.65. The maximum Gasteiger partial charge on any atom is 0.0590 e. The van der Waals surface area contributed by atoms with Gasteiger partial charge < -0.3 is 10.1 Å². The molecule has 0 aliphatic carbocycles. The van der Waals surface area contributed by atoms with Crippen LogP contribution in [-0.4, -0.2) is 26.3 Å². The quantitative estimate of drug-likeness (QED) is 0.447. The highest BCUT2D eigenvalue weighted by Gasteiger charge is 1.89. The highest BCUT2D eigenvalue weighted by molar-refractivity contribution is 4.94. The third-order valence-electron chi connectivity index (χ3n) is 1.50. The van der Waals surface area contributed by atoms with Gasteiger partial charge in [0.15, 0.2) is 0 Å². The smallest absolute Gasteiger partial charge is 0.0590 e. The van der Waals surface area contributed by atoms with Gasteiger partial charge in [0.25, 0.3) is 0 Å². The molecule has 0 aliphatic heterocycles. The Hall–Kier alpha value is -0.340. The lowest BCUT2D eigenvalue weighted by atomic mass is 10.2. The first-order valence-electron chi connectivity index (χ1n) is 4.26. The molecule has 0 aromatic rings. The molecule has 0 radical (unpaired) electrons.